The standard InChI is InChI=1S/C12H11N3O4S/c13-12-15-10(17)8(20-12)5-9(16)14-7-3-1-6(2-4-7)11(18)19/h1-4,8H,5H2,(H,14,16)(H,18,19)(H2,13,15,17)/t8-/m1/s1. The van der Waals surface area contributed by atoms with Crippen LogP contribution in [0.5, 0.6) is 0 Å². The minimum absolute atomic E-state index is 0.0334. The van der Waals surface area contributed by atoms with Crippen molar-refractivity contribution in [3.05, 3.63) is 29.8 Å². The first-order chi connectivity index (χ1) is 9.45. The van der Waals surface area contributed by atoms with Gasteiger partial charge in [0.1, 0.15) is 5.25 Å². The number of carboxylic acid groups (broad SMARTS) is 1. The largest absolute Gasteiger partial charge is 0.478 e. The van der Waals surface area contributed by atoms with Crippen molar-refractivity contribution in [1.82, 2.24) is 0 Å². The topological polar surface area (TPSA) is 122 Å². The van der Waals surface area contributed by atoms with Gasteiger partial charge in [0.05, 0.1) is 5.56 Å². The van der Waals surface area contributed by atoms with Crippen molar-refractivity contribution >= 4 is 40.4 Å². The molecule has 1 aliphatic heterocycles. The molecule has 8 heteroatoms. The molecule has 2 amide bonds. The summed E-state index contributed by atoms with van der Waals surface area (Å²) in [6.07, 6.45) is -0.0334. The Hall–Kier alpha value is -2.35. The van der Waals surface area contributed by atoms with Crippen LogP contribution in [0.25, 0.3) is 0 Å². The van der Waals surface area contributed by atoms with Gasteiger partial charge in [-0.3, -0.25) is 9.59 Å². The van der Waals surface area contributed by atoms with Crippen LogP contribution in [0.15, 0.2) is 29.3 Å². The van der Waals surface area contributed by atoms with E-state index in [4.69, 9.17) is 10.8 Å². The Balaban J connectivity index is 1.92. The van der Waals surface area contributed by atoms with Gasteiger partial charge in [0.15, 0.2) is 5.17 Å². The average molecular weight is 293 g/mol. The molecule has 0 unspecified atom stereocenters. The Morgan fingerprint density at radius 2 is 2.00 bits per heavy atom. The molecule has 104 valence electrons. The fraction of sp³-hybridized carbons (Fsp3) is 0.167. The van der Waals surface area contributed by atoms with Crippen LogP contribution >= 0.6 is 11.8 Å². The van der Waals surface area contributed by atoms with Crippen LogP contribution < -0.4 is 11.1 Å². The summed E-state index contributed by atoms with van der Waals surface area (Å²) < 4.78 is 0. The van der Waals surface area contributed by atoms with E-state index in [0.29, 0.717) is 5.69 Å². The average Bonchev–Trinajstić information content (AvgIpc) is 2.68. The quantitative estimate of drug-likeness (QED) is 0.750. The van der Waals surface area contributed by atoms with Crippen molar-refractivity contribution in [3.8, 4) is 0 Å². The SMILES string of the molecule is NC1=NC(=O)[C@@H](CC(=O)Nc2ccc(C(=O)O)cc2)S1. The first-order valence-electron chi connectivity index (χ1n) is 5.63. The van der Waals surface area contributed by atoms with Crippen LogP contribution in [0.3, 0.4) is 0 Å². The number of amidine groups is 1. The van der Waals surface area contributed by atoms with Gasteiger partial charge in [0.2, 0.25) is 5.91 Å². The van der Waals surface area contributed by atoms with Gasteiger partial charge in [-0.2, -0.15) is 4.99 Å². The number of anilines is 1. The van der Waals surface area contributed by atoms with Gasteiger partial charge >= 0.3 is 5.97 Å². The molecule has 0 saturated heterocycles. The van der Waals surface area contributed by atoms with Gasteiger partial charge in [-0.25, -0.2) is 4.79 Å². The van der Waals surface area contributed by atoms with Crippen LogP contribution in [0.2, 0.25) is 0 Å². The molecule has 1 aromatic carbocycles. The number of amides is 2. The second kappa shape index (κ2) is 5.74. The van der Waals surface area contributed by atoms with E-state index in [1.165, 1.54) is 24.3 Å². The normalized spacial score (nSPS) is 17.7. The van der Waals surface area contributed by atoms with E-state index in [1.807, 2.05) is 0 Å². The minimum atomic E-state index is -1.04. The lowest BCUT2D eigenvalue weighted by atomic mass is 10.2. The van der Waals surface area contributed by atoms with Crippen LogP contribution in [0.4, 0.5) is 5.69 Å². The van der Waals surface area contributed by atoms with Gasteiger partial charge in [-0.1, -0.05) is 11.8 Å². The summed E-state index contributed by atoms with van der Waals surface area (Å²) in [6.45, 7) is 0. The lowest BCUT2D eigenvalue weighted by Gasteiger charge is -2.08. The van der Waals surface area contributed by atoms with E-state index < -0.39 is 17.1 Å². The van der Waals surface area contributed by atoms with Crippen molar-refractivity contribution in [2.24, 2.45) is 10.7 Å². The summed E-state index contributed by atoms with van der Waals surface area (Å²) in [7, 11) is 0. The third kappa shape index (κ3) is 3.35. The smallest absolute Gasteiger partial charge is 0.335 e. The molecule has 1 atom stereocenters. The van der Waals surface area contributed by atoms with Crippen molar-refractivity contribution < 1.29 is 19.5 Å². The number of thioether (sulfide) groups is 1. The number of nitrogens with one attached hydrogen (secondary N) is 1. The number of nitrogens with two attached hydrogens (primary N) is 1. The predicted octanol–water partition coefficient (Wildman–Crippen LogP) is 0.670. The number of hydrogen-bond donors (Lipinski definition) is 3. The molecule has 0 bridgehead atoms. The van der Waals surface area contributed by atoms with Gasteiger partial charge in [0.25, 0.3) is 5.91 Å². The molecule has 1 aromatic rings. The molecule has 0 saturated carbocycles. The zero-order valence-corrected chi connectivity index (χ0v) is 11.0. The van der Waals surface area contributed by atoms with Crippen LogP contribution in [-0.4, -0.2) is 33.3 Å². The van der Waals surface area contributed by atoms with E-state index in [1.54, 1.807) is 0 Å². The molecule has 0 radical (unpaired) electrons. The molecule has 0 aromatic heterocycles. The van der Waals surface area contributed by atoms with Crippen LogP contribution in [-0.2, 0) is 9.59 Å². The molecule has 0 fully saturated rings. The molecule has 4 N–H and O–H groups in total. The number of aromatic carboxylic acids is 1. The maximum atomic E-state index is 11.8. The third-order valence-electron chi connectivity index (χ3n) is 2.55. The lowest BCUT2D eigenvalue weighted by molar-refractivity contribution is -0.121. The van der Waals surface area contributed by atoms with E-state index in [2.05, 4.69) is 10.3 Å². The maximum Gasteiger partial charge on any atom is 0.335 e. The van der Waals surface area contributed by atoms with Crippen molar-refractivity contribution in [2.75, 3.05) is 5.32 Å². The summed E-state index contributed by atoms with van der Waals surface area (Å²) >= 11 is 1.06. The van der Waals surface area contributed by atoms with E-state index in [-0.39, 0.29) is 23.1 Å². The van der Waals surface area contributed by atoms with Crippen LogP contribution in [0.1, 0.15) is 16.8 Å². The maximum absolute atomic E-state index is 11.8. The highest BCUT2D eigenvalue weighted by Crippen LogP contribution is 2.23. The molecule has 0 aliphatic carbocycles. The summed E-state index contributed by atoms with van der Waals surface area (Å²) in [5, 5.41) is 10.9. The summed E-state index contributed by atoms with van der Waals surface area (Å²) in [5.41, 5.74) is 5.99. The van der Waals surface area contributed by atoms with E-state index in [9.17, 15) is 14.4 Å². The number of carboxylic acids is 1. The first-order valence-corrected chi connectivity index (χ1v) is 6.51. The number of carbonyl (C=O) groups excluding carboxylic acids is 2. The molecular formula is C12H11N3O4S. The Labute approximate surface area is 118 Å². The van der Waals surface area contributed by atoms with E-state index in [0.717, 1.165) is 11.8 Å². The highest BCUT2D eigenvalue weighted by atomic mass is 32.2. The minimum Gasteiger partial charge on any atom is -0.478 e. The Bertz CT molecular complexity index is 597. The fourth-order valence-electron chi connectivity index (χ4n) is 1.61. The predicted molar refractivity (Wildman–Crippen MR) is 74.7 cm³/mol. The Morgan fingerprint density at radius 3 is 2.50 bits per heavy atom. The highest BCUT2D eigenvalue weighted by molar-refractivity contribution is 8.15. The number of carbonyl (C=O) groups is 3. The number of rotatable bonds is 4. The lowest BCUT2D eigenvalue weighted by Crippen LogP contribution is -2.21. The molecule has 20 heavy (non-hydrogen) atoms. The molecular weight excluding hydrogens is 282 g/mol. The summed E-state index contributed by atoms with van der Waals surface area (Å²) in [6, 6.07) is 5.73. The number of nitrogens with zero attached hydrogens (tertiary/aromatic N) is 1. The fourth-order valence-corrected chi connectivity index (χ4v) is 2.43. The monoisotopic (exact) mass is 293 g/mol. The Kier molecular flexibility index (Phi) is 4.04. The van der Waals surface area contributed by atoms with E-state index >= 15 is 0 Å². The molecule has 7 nitrogen and oxygen atoms in total. The molecule has 2 rings (SSSR count). The summed E-state index contributed by atoms with van der Waals surface area (Å²) in [4.78, 5) is 37.3. The zero-order chi connectivity index (χ0) is 14.7. The first kappa shape index (κ1) is 14.1. The number of hydrogen-bond acceptors (Lipinski definition) is 5. The Morgan fingerprint density at radius 1 is 1.35 bits per heavy atom. The molecule has 0 spiro atoms. The number of benzene rings is 1. The van der Waals surface area contributed by atoms with Gasteiger partial charge in [-0.15, -0.1) is 0 Å². The van der Waals surface area contributed by atoms with Crippen molar-refractivity contribution in [2.45, 2.75) is 11.7 Å². The second-order valence-corrected chi connectivity index (χ2v) is 5.25. The molecule has 1 aliphatic rings. The van der Waals surface area contributed by atoms with Crippen LogP contribution in [0, 0.1) is 0 Å². The highest BCUT2D eigenvalue weighted by Gasteiger charge is 2.29. The molecule has 1 heterocycles. The second-order valence-electron chi connectivity index (χ2n) is 4.03. The van der Waals surface area contributed by atoms with Gasteiger partial charge in [0, 0.05) is 12.1 Å². The summed E-state index contributed by atoms with van der Waals surface area (Å²) in [5.74, 6) is -1.81. The third-order valence-corrected chi connectivity index (χ3v) is 3.53. The van der Waals surface area contributed by atoms with Crippen molar-refractivity contribution in [1.29, 1.82) is 0 Å². The zero-order valence-electron chi connectivity index (χ0n) is 10.2. The van der Waals surface area contributed by atoms with Gasteiger partial charge in [-0.05, 0) is 24.3 Å². The number of aliphatic imine (C=N–C) groups is 1. The van der Waals surface area contributed by atoms with Crippen molar-refractivity contribution in [3.63, 3.8) is 0 Å². The van der Waals surface area contributed by atoms with Gasteiger partial charge < -0.3 is 16.2 Å².